The molecule has 2 atom stereocenters. The highest BCUT2D eigenvalue weighted by Gasteiger charge is 2.15. The fourth-order valence-electron chi connectivity index (χ4n) is 1.98. The lowest BCUT2D eigenvalue weighted by atomic mass is 10.2. The molecule has 0 aliphatic heterocycles. The Balaban J connectivity index is 2.38. The zero-order valence-corrected chi connectivity index (χ0v) is 14.8. The maximum Gasteiger partial charge on any atom is 0.365 e. The van der Waals surface area contributed by atoms with Crippen molar-refractivity contribution >= 4 is 16.5 Å². The van der Waals surface area contributed by atoms with Crippen molar-refractivity contribution in [3.05, 3.63) is 42.0 Å². The van der Waals surface area contributed by atoms with Crippen LogP contribution < -0.4 is 18.5 Å². The topological polar surface area (TPSA) is 112 Å². The predicted molar refractivity (Wildman–Crippen MR) is 87.9 cm³/mol. The first-order valence-electron chi connectivity index (χ1n) is 6.67. The van der Waals surface area contributed by atoms with E-state index >= 15 is 0 Å². The second-order valence-corrected chi connectivity index (χ2v) is 6.08. The lowest BCUT2D eigenvalue weighted by molar-refractivity contribution is 0.358. The Hall–Kier alpha value is -1.98. The van der Waals surface area contributed by atoms with Gasteiger partial charge in [0, 0.05) is 6.07 Å². The second-order valence-electron chi connectivity index (χ2n) is 4.61. The number of methoxy groups -OCH3 is 1. The third kappa shape index (κ3) is 5.01. The summed E-state index contributed by atoms with van der Waals surface area (Å²) in [5.74, 6) is 0.812. The van der Waals surface area contributed by atoms with Crippen LogP contribution in [-0.2, 0) is 9.13 Å². The predicted octanol–water partition coefficient (Wildman–Crippen LogP) is 3.32. The molecule has 0 heterocycles. The fraction of sp³-hybridized carbons (Fsp3) is 0.143. The van der Waals surface area contributed by atoms with Gasteiger partial charge in [-0.3, -0.25) is 0 Å². The van der Waals surface area contributed by atoms with E-state index in [1.807, 2.05) is 0 Å². The van der Waals surface area contributed by atoms with Crippen LogP contribution in [0.3, 0.4) is 0 Å². The van der Waals surface area contributed by atoms with Crippen LogP contribution >= 0.6 is 16.5 Å². The van der Waals surface area contributed by atoms with Crippen molar-refractivity contribution < 1.29 is 37.4 Å². The number of hydrogen-bond donors (Lipinski definition) is 2. The minimum absolute atomic E-state index is 0.0221. The monoisotopic (exact) mass is 374 g/mol. The molecule has 2 aromatic carbocycles. The molecular weight excluding hydrogens is 358 g/mol. The SMILES string of the molecule is COc1cccc(Oc2cc(C)cc(O[PH](=O)O)c2)c1O[PH](=O)O. The van der Waals surface area contributed by atoms with Crippen molar-refractivity contribution in [2.24, 2.45) is 0 Å². The number of benzene rings is 2. The van der Waals surface area contributed by atoms with Crippen LogP contribution in [0, 0.1) is 6.92 Å². The molecule has 130 valence electrons. The maximum atomic E-state index is 11.0. The molecule has 2 aromatic rings. The normalized spacial score (nSPS) is 13.0. The van der Waals surface area contributed by atoms with Crippen molar-refractivity contribution in [3.8, 4) is 28.7 Å². The zero-order valence-electron chi connectivity index (χ0n) is 12.8. The Morgan fingerprint density at radius 2 is 1.54 bits per heavy atom. The second kappa shape index (κ2) is 8.22. The van der Waals surface area contributed by atoms with Gasteiger partial charge in [0.05, 0.1) is 7.11 Å². The van der Waals surface area contributed by atoms with Gasteiger partial charge in [0.2, 0.25) is 5.75 Å². The molecule has 0 aromatic heterocycles. The van der Waals surface area contributed by atoms with Crippen LogP contribution in [0.25, 0.3) is 0 Å². The summed E-state index contributed by atoms with van der Waals surface area (Å²) in [5, 5.41) is 0. The van der Waals surface area contributed by atoms with Gasteiger partial charge in [-0.15, -0.1) is 0 Å². The lowest BCUT2D eigenvalue weighted by Gasteiger charge is -2.14. The van der Waals surface area contributed by atoms with Gasteiger partial charge in [0.25, 0.3) is 0 Å². The van der Waals surface area contributed by atoms with Crippen LogP contribution in [-0.4, -0.2) is 16.9 Å². The van der Waals surface area contributed by atoms with Gasteiger partial charge < -0.3 is 28.3 Å². The molecule has 0 aliphatic rings. The van der Waals surface area contributed by atoms with Gasteiger partial charge in [-0.25, -0.2) is 9.13 Å². The Labute approximate surface area is 139 Å². The van der Waals surface area contributed by atoms with Gasteiger partial charge in [-0.1, -0.05) is 6.07 Å². The molecule has 0 aliphatic carbocycles. The highest BCUT2D eigenvalue weighted by Crippen LogP contribution is 2.43. The smallest absolute Gasteiger partial charge is 0.365 e. The van der Waals surface area contributed by atoms with Gasteiger partial charge in [0.15, 0.2) is 11.5 Å². The van der Waals surface area contributed by atoms with E-state index in [1.165, 1.54) is 19.2 Å². The van der Waals surface area contributed by atoms with Crippen molar-refractivity contribution in [2.75, 3.05) is 7.11 Å². The van der Waals surface area contributed by atoms with Gasteiger partial charge in [0.1, 0.15) is 11.5 Å². The van der Waals surface area contributed by atoms with E-state index in [-0.39, 0.29) is 23.0 Å². The number of ether oxygens (including phenoxy) is 2. The average Bonchev–Trinajstić information content (AvgIpc) is 2.47. The van der Waals surface area contributed by atoms with Gasteiger partial charge >= 0.3 is 16.5 Å². The summed E-state index contributed by atoms with van der Waals surface area (Å²) in [6.07, 6.45) is 0. The molecule has 8 nitrogen and oxygen atoms in total. The van der Waals surface area contributed by atoms with Crippen molar-refractivity contribution in [1.29, 1.82) is 0 Å². The molecule has 0 fully saturated rings. The fourth-order valence-corrected chi connectivity index (χ4v) is 2.68. The van der Waals surface area contributed by atoms with Crippen LogP contribution in [0.4, 0.5) is 0 Å². The van der Waals surface area contributed by atoms with E-state index in [0.717, 1.165) is 5.56 Å². The Kier molecular flexibility index (Phi) is 6.29. The third-order valence-corrected chi connectivity index (χ3v) is 3.60. The number of rotatable bonds is 7. The van der Waals surface area contributed by atoms with Crippen LogP contribution in [0.2, 0.25) is 0 Å². The van der Waals surface area contributed by atoms with Gasteiger partial charge in [-0.05, 0) is 36.8 Å². The first-order valence-corrected chi connectivity index (χ1v) is 9.20. The summed E-state index contributed by atoms with van der Waals surface area (Å²) in [6, 6.07) is 9.34. The highest BCUT2D eigenvalue weighted by molar-refractivity contribution is 7.32. The van der Waals surface area contributed by atoms with E-state index in [1.54, 1.807) is 31.2 Å². The standard InChI is InChI=1S/C14H16O8P2/c1-9-6-10(8-11(7-9)21-23(15)16)20-13-5-3-4-12(19-2)14(13)22-24(17)18/h3-8,23-24H,1-2H3,(H,15,16)(H,17,18). The largest absolute Gasteiger partial charge is 0.493 e. The minimum atomic E-state index is -3.27. The molecule has 0 radical (unpaired) electrons. The van der Waals surface area contributed by atoms with Crippen LogP contribution in [0.1, 0.15) is 5.56 Å². The van der Waals surface area contributed by atoms with E-state index in [0.29, 0.717) is 5.75 Å². The van der Waals surface area contributed by atoms with E-state index in [9.17, 15) is 9.13 Å². The Morgan fingerprint density at radius 1 is 0.917 bits per heavy atom. The highest BCUT2D eigenvalue weighted by atomic mass is 31.1. The molecule has 2 unspecified atom stereocenters. The van der Waals surface area contributed by atoms with E-state index in [4.69, 9.17) is 28.3 Å². The molecule has 0 saturated carbocycles. The molecule has 0 amide bonds. The number of hydrogen-bond acceptors (Lipinski definition) is 6. The molecular formula is C14H16O8P2. The minimum Gasteiger partial charge on any atom is -0.493 e. The molecule has 24 heavy (non-hydrogen) atoms. The third-order valence-electron chi connectivity index (χ3n) is 2.81. The van der Waals surface area contributed by atoms with Crippen molar-refractivity contribution in [2.45, 2.75) is 6.92 Å². The first kappa shape index (κ1) is 18.4. The van der Waals surface area contributed by atoms with Crippen LogP contribution in [0.15, 0.2) is 36.4 Å². The summed E-state index contributed by atoms with van der Waals surface area (Å²) in [5.41, 5.74) is 0.729. The molecule has 2 N–H and O–H groups in total. The van der Waals surface area contributed by atoms with Crippen LogP contribution in [0.5, 0.6) is 28.7 Å². The molecule has 10 heteroatoms. The molecule has 0 spiro atoms. The van der Waals surface area contributed by atoms with Gasteiger partial charge in [-0.2, -0.15) is 0 Å². The van der Waals surface area contributed by atoms with Crippen molar-refractivity contribution in [1.82, 2.24) is 0 Å². The first-order chi connectivity index (χ1) is 11.4. The summed E-state index contributed by atoms with van der Waals surface area (Å²) in [7, 11) is -5.03. The quantitative estimate of drug-likeness (QED) is 0.710. The molecule has 0 saturated heterocycles. The summed E-state index contributed by atoms with van der Waals surface area (Å²) in [4.78, 5) is 17.9. The van der Waals surface area contributed by atoms with E-state index in [2.05, 4.69) is 0 Å². The van der Waals surface area contributed by atoms with E-state index < -0.39 is 16.5 Å². The number of para-hydroxylation sites is 1. The van der Waals surface area contributed by atoms with Crippen molar-refractivity contribution in [3.63, 3.8) is 0 Å². The molecule has 0 bridgehead atoms. The number of aryl methyl sites for hydroxylation is 1. The Bertz CT molecular complexity index is 777. The average molecular weight is 374 g/mol. The zero-order chi connectivity index (χ0) is 17.7. The molecule has 2 rings (SSSR count). The Morgan fingerprint density at radius 3 is 2.17 bits per heavy atom. The maximum absolute atomic E-state index is 11.0. The summed E-state index contributed by atoms with van der Waals surface area (Å²) < 4.78 is 42.3. The lowest BCUT2D eigenvalue weighted by Crippen LogP contribution is -1.94. The summed E-state index contributed by atoms with van der Waals surface area (Å²) in [6.45, 7) is 1.75. The summed E-state index contributed by atoms with van der Waals surface area (Å²) >= 11 is 0.